The van der Waals surface area contributed by atoms with Crippen LogP contribution in [-0.4, -0.2) is 89.2 Å². The zero-order valence-corrected chi connectivity index (χ0v) is 54.1. The molecule has 1 fully saturated rings. The SMILES string of the molecule is CC/C=C\C/C=C\C/C=C\C/C=C\C/C=C\C/C=C\CCC(=O)OCC(COC1OC(C(=O)O)C(O)C(O)C1OC(=O)CCCCCCCCCCCCCCCCCCCCC)OC(=O)CCCCCCCCC/C=C\CCCCCCCC. The van der Waals surface area contributed by atoms with Crippen LogP contribution in [0, 0.1) is 0 Å². The highest BCUT2D eigenvalue weighted by Gasteiger charge is 2.50. The second-order valence-electron chi connectivity index (χ2n) is 23.4. The maximum Gasteiger partial charge on any atom is 0.335 e. The Morgan fingerprint density at radius 2 is 0.765 bits per heavy atom. The van der Waals surface area contributed by atoms with Gasteiger partial charge in [0.2, 0.25) is 0 Å². The topological polar surface area (TPSA) is 175 Å². The fourth-order valence-corrected chi connectivity index (χ4v) is 10.2. The van der Waals surface area contributed by atoms with Crippen molar-refractivity contribution in [3.63, 3.8) is 0 Å². The fraction of sp³-hybridized carbons (Fsp3) is 0.753. The van der Waals surface area contributed by atoms with Gasteiger partial charge in [-0.25, -0.2) is 4.79 Å². The van der Waals surface area contributed by atoms with Crippen LogP contribution in [0.1, 0.15) is 303 Å². The first-order valence-electron chi connectivity index (χ1n) is 34.6. The average Bonchev–Trinajstić information content (AvgIpc) is 3.51. The Morgan fingerprint density at radius 1 is 0.400 bits per heavy atom. The first-order valence-corrected chi connectivity index (χ1v) is 34.6. The van der Waals surface area contributed by atoms with Gasteiger partial charge in [-0.2, -0.15) is 0 Å². The highest BCUT2D eigenvalue weighted by Crippen LogP contribution is 2.27. The number of carbonyl (C=O) groups is 4. The van der Waals surface area contributed by atoms with E-state index in [1.807, 2.05) is 12.2 Å². The number of allylic oxidation sites excluding steroid dienone is 14. The van der Waals surface area contributed by atoms with Crippen molar-refractivity contribution >= 4 is 23.9 Å². The normalized spacial score (nSPS) is 18.0. The molecule has 6 atom stereocenters. The van der Waals surface area contributed by atoms with Crippen LogP contribution < -0.4 is 0 Å². The van der Waals surface area contributed by atoms with E-state index in [0.717, 1.165) is 96.3 Å². The second kappa shape index (κ2) is 60.2. The Balaban J connectivity index is 2.68. The molecule has 488 valence electrons. The van der Waals surface area contributed by atoms with Gasteiger partial charge in [-0.3, -0.25) is 14.4 Å². The zero-order valence-electron chi connectivity index (χ0n) is 54.1. The number of carboxylic acids is 1. The van der Waals surface area contributed by atoms with Gasteiger partial charge >= 0.3 is 23.9 Å². The van der Waals surface area contributed by atoms with Gasteiger partial charge in [0.15, 0.2) is 24.6 Å². The number of unbranched alkanes of at least 4 members (excludes halogenated alkanes) is 31. The number of carbonyl (C=O) groups excluding carboxylic acids is 3. The summed E-state index contributed by atoms with van der Waals surface area (Å²) in [4.78, 5) is 51.4. The van der Waals surface area contributed by atoms with Crippen LogP contribution in [0.2, 0.25) is 0 Å². The van der Waals surface area contributed by atoms with E-state index in [0.29, 0.717) is 19.3 Å². The van der Waals surface area contributed by atoms with E-state index in [-0.39, 0.29) is 25.9 Å². The molecular formula is C73H124O12. The maximum atomic E-state index is 13.2. The minimum Gasteiger partial charge on any atom is -0.479 e. The van der Waals surface area contributed by atoms with Crippen LogP contribution in [0.15, 0.2) is 85.1 Å². The average molecular weight is 1190 g/mol. The molecule has 0 aromatic rings. The molecule has 0 aliphatic carbocycles. The van der Waals surface area contributed by atoms with Gasteiger partial charge in [0.25, 0.3) is 0 Å². The van der Waals surface area contributed by atoms with Crippen molar-refractivity contribution in [2.45, 2.75) is 340 Å². The lowest BCUT2D eigenvalue weighted by Crippen LogP contribution is -2.61. The van der Waals surface area contributed by atoms with Gasteiger partial charge in [-0.15, -0.1) is 0 Å². The molecule has 1 saturated heterocycles. The van der Waals surface area contributed by atoms with Crippen LogP contribution in [0.4, 0.5) is 0 Å². The second-order valence-corrected chi connectivity index (χ2v) is 23.4. The molecule has 1 aliphatic heterocycles. The summed E-state index contributed by atoms with van der Waals surface area (Å²) in [5, 5.41) is 31.7. The molecule has 0 bridgehead atoms. The van der Waals surface area contributed by atoms with Crippen molar-refractivity contribution in [3.05, 3.63) is 85.1 Å². The first-order chi connectivity index (χ1) is 41.6. The van der Waals surface area contributed by atoms with Gasteiger partial charge in [-0.1, -0.05) is 286 Å². The number of ether oxygens (including phenoxy) is 5. The highest BCUT2D eigenvalue weighted by molar-refractivity contribution is 5.74. The summed E-state index contributed by atoms with van der Waals surface area (Å²) < 4.78 is 28.5. The van der Waals surface area contributed by atoms with Gasteiger partial charge in [0.1, 0.15) is 18.8 Å². The number of rotatable bonds is 59. The van der Waals surface area contributed by atoms with Crippen molar-refractivity contribution in [2.24, 2.45) is 0 Å². The largest absolute Gasteiger partial charge is 0.479 e. The van der Waals surface area contributed by atoms with Crippen molar-refractivity contribution in [1.29, 1.82) is 0 Å². The molecule has 1 aliphatic rings. The summed E-state index contributed by atoms with van der Waals surface area (Å²) in [5.41, 5.74) is 0. The molecule has 0 aromatic heterocycles. The van der Waals surface area contributed by atoms with E-state index in [9.17, 15) is 34.5 Å². The number of aliphatic carboxylic acids is 1. The van der Waals surface area contributed by atoms with E-state index < -0.39 is 67.3 Å². The van der Waals surface area contributed by atoms with Crippen molar-refractivity contribution in [3.8, 4) is 0 Å². The van der Waals surface area contributed by atoms with Crippen molar-refractivity contribution < 1.29 is 58.2 Å². The summed E-state index contributed by atoms with van der Waals surface area (Å²) in [6, 6.07) is 0. The Bertz CT molecular complexity index is 1800. The van der Waals surface area contributed by atoms with Crippen LogP contribution in [0.25, 0.3) is 0 Å². The standard InChI is InChI=1S/C73H124O12/c1-4-7-10-13-16-19-22-25-28-31-33-36-38-41-44-47-50-53-56-59-65(74)81-62-64(83-66(75)60-57-54-51-48-45-42-39-35-30-27-24-21-18-15-12-9-6-3)63-82-73-71(69(78)68(77)70(85-73)72(79)80)84-67(76)61-58-55-52-49-46-43-40-37-34-32-29-26-23-20-17-14-11-8-5-2/h7,10,16,19,25,27-28,30,33,36,41,44,50,53,64,68-71,73,77-78H,4-6,8-9,11-15,17-18,20-24,26,29,31-32,34-35,37-40,42-43,45-49,51-52,54-63H2,1-3H3,(H,79,80)/b10-7-,19-16-,28-25-,30-27-,36-33-,44-41-,53-50-. The molecule has 12 nitrogen and oxygen atoms in total. The Morgan fingerprint density at radius 3 is 1.18 bits per heavy atom. The predicted octanol–water partition coefficient (Wildman–Crippen LogP) is 19.0. The first kappa shape index (κ1) is 78.9. The number of aliphatic hydroxyl groups is 2. The monoisotopic (exact) mass is 1190 g/mol. The molecular weight excluding hydrogens is 1070 g/mol. The minimum atomic E-state index is -1.91. The molecule has 1 heterocycles. The third-order valence-electron chi connectivity index (χ3n) is 15.5. The van der Waals surface area contributed by atoms with Gasteiger partial charge < -0.3 is 39.0 Å². The molecule has 0 aromatic carbocycles. The summed E-state index contributed by atoms with van der Waals surface area (Å²) in [5.74, 6) is -3.22. The lowest BCUT2D eigenvalue weighted by Gasteiger charge is -2.40. The van der Waals surface area contributed by atoms with E-state index >= 15 is 0 Å². The smallest absolute Gasteiger partial charge is 0.335 e. The molecule has 0 saturated carbocycles. The predicted molar refractivity (Wildman–Crippen MR) is 349 cm³/mol. The third kappa shape index (κ3) is 49.6. The Labute approximate surface area is 518 Å². The summed E-state index contributed by atoms with van der Waals surface area (Å²) in [6.07, 6.45) is 66.9. The summed E-state index contributed by atoms with van der Waals surface area (Å²) in [7, 11) is 0. The van der Waals surface area contributed by atoms with Crippen LogP contribution in [0.5, 0.6) is 0 Å². The minimum absolute atomic E-state index is 0.0546. The number of esters is 3. The van der Waals surface area contributed by atoms with Gasteiger partial charge in [0.05, 0.1) is 6.61 Å². The van der Waals surface area contributed by atoms with Crippen LogP contribution in [0.3, 0.4) is 0 Å². The maximum absolute atomic E-state index is 13.2. The number of aliphatic hydroxyl groups excluding tert-OH is 2. The van der Waals surface area contributed by atoms with Crippen LogP contribution >= 0.6 is 0 Å². The van der Waals surface area contributed by atoms with Crippen LogP contribution in [-0.2, 0) is 42.9 Å². The molecule has 3 N–H and O–H groups in total. The lowest BCUT2D eigenvalue weighted by atomic mass is 9.98. The molecule has 85 heavy (non-hydrogen) atoms. The summed E-state index contributed by atoms with van der Waals surface area (Å²) in [6.45, 7) is 5.86. The van der Waals surface area contributed by atoms with Gasteiger partial charge in [0, 0.05) is 19.3 Å². The third-order valence-corrected chi connectivity index (χ3v) is 15.5. The zero-order chi connectivity index (χ0) is 61.7. The Hall–Kier alpha value is -4.10. The van der Waals surface area contributed by atoms with E-state index in [2.05, 4.69) is 93.7 Å². The number of hydrogen-bond donors (Lipinski definition) is 3. The molecule has 1 rings (SSSR count). The Kier molecular flexibility index (Phi) is 55.9. The molecule has 0 spiro atoms. The molecule has 6 unspecified atom stereocenters. The van der Waals surface area contributed by atoms with E-state index in [1.165, 1.54) is 148 Å². The van der Waals surface area contributed by atoms with Crippen molar-refractivity contribution in [2.75, 3.05) is 13.2 Å². The van der Waals surface area contributed by atoms with Gasteiger partial charge in [-0.05, 0) is 83.5 Å². The molecule has 0 radical (unpaired) electrons. The summed E-state index contributed by atoms with van der Waals surface area (Å²) >= 11 is 0. The van der Waals surface area contributed by atoms with E-state index in [4.69, 9.17) is 23.7 Å². The fourth-order valence-electron chi connectivity index (χ4n) is 10.2. The highest BCUT2D eigenvalue weighted by atomic mass is 16.7. The molecule has 12 heteroatoms. The lowest BCUT2D eigenvalue weighted by molar-refractivity contribution is -0.301. The van der Waals surface area contributed by atoms with Crippen molar-refractivity contribution in [1.82, 2.24) is 0 Å². The van der Waals surface area contributed by atoms with E-state index in [1.54, 1.807) is 0 Å². The number of hydrogen-bond acceptors (Lipinski definition) is 11. The quantitative estimate of drug-likeness (QED) is 0.0228. The number of carboxylic acid groups (broad SMARTS) is 1. The molecule has 0 amide bonds.